The number of alkyl halides is 3. The highest BCUT2D eigenvalue weighted by Crippen LogP contribution is 2.35. The first kappa shape index (κ1) is 24.9. The van der Waals surface area contributed by atoms with E-state index in [2.05, 4.69) is 15.4 Å². The molecule has 180 valence electrons. The van der Waals surface area contributed by atoms with Gasteiger partial charge in [-0.15, -0.1) is 13.2 Å². The third kappa shape index (κ3) is 6.89. The maximum atomic E-state index is 13.1. The predicted molar refractivity (Wildman–Crippen MR) is 122 cm³/mol. The van der Waals surface area contributed by atoms with Crippen LogP contribution in [0.15, 0.2) is 66.7 Å². The van der Waals surface area contributed by atoms with Crippen molar-refractivity contribution < 1.29 is 32.5 Å². The number of carbonyl (C=O) groups is 1. The zero-order valence-electron chi connectivity index (χ0n) is 18.5. The molecule has 3 aromatic carbocycles. The van der Waals surface area contributed by atoms with Gasteiger partial charge in [-0.1, -0.05) is 36.4 Å². The molecule has 3 rings (SSSR count). The van der Waals surface area contributed by atoms with E-state index < -0.39 is 12.1 Å². The number of anilines is 1. The van der Waals surface area contributed by atoms with Crippen LogP contribution in [0.4, 0.5) is 18.9 Å². The van der Waals surface area contributed by atoms with Crippen LogP contribution in [-0.2, 0) is 6.42 Å². The lowest BCUT2D eigenvalue weighted by Gasteiger charge is -2.19. The Morgan fingerprint density at radius 1 is 1.00 bits per heavy atom. The molecule has 1 amide bonds. The first-order valence-electron chi connectivity index (χ1n) is 10.6. The van der Waals surface area contributed by atoms with Gasteiger partial charge in [0.15, 0.2) is 0 Å². The van der Waals surface area contributed by atoms with Crippen LogP contribution in [0.3, 0.4) is 0 Å². The molecule has 0 heterocycles. The first-order chi connectivity index (χ1) is 16.3. The van der Waals surface area contributed by atoms with Gasteiger partial charge in [0.25, 0.3) is 5.91 Å². The van der Waals surface area contributed by atoms with Crippen molar-refractivity contribution in [2.45, 2.75) is 19.2 Å². The molecule has 0 atom stereocenters. The van der Waals surface area contributed by atoms with E-state index >= 15 is 0 Å². The molecule has 0 unspecified atom stereocenters. The van der Waals surface area contributed by atoms with Gasteiger partial charge in [0, 0.05) is 43.9 Å². The maximum absolute atomic E-state index is 13.1. The summed E-state index contributed by atoms with van der Waals surface area (Å²) in [6.45, 7) is 0.223. The first-order valence-corrected chi connectivity index (χ1v) is 10.6. The Kier molecular flexibility index (Phi) is 8.37. The Morgan fingerprint density at radius 2 is 1.74 bits per heavy atom. The van der Waals surface area contributed by atoms with Crippen LogP contribution in [-0.4, -0.2) is 37.6 Å². The van der Waals surface area contributed by atoms with Gasteiger partial charge >= 0.3 is 6.36 Å². The molecular weight excluding hydrogens is 449 g/mol. The minimum absolute atomic E-state index is 0.0600. The summed E-state index contributed by atoms with van der Waals surface area (Å²) in [6, 6.07) is 17.9. The number of halogens is 3. The number of rotatable bonds is 10. The summed E-state index contributed by atoms with van der Waals surface area (Å²) in [5.41, 5.74) is 2.39. The van der Waals surface area contributed by atoms with E-state index in [0.29, 0.717) is 35.4 Å². The van der Waals surface area contributed by atoms with Crippen molar-refractivity contribution in [3.8, 4) is 17.2 Å². The van der Waals surface area contributed by atoms with E-state index in [1.165, 1.54) is 18.2 Å². The van der Waals surface area contributed by atoms with Crippen molar-refractivity contribution in [2.75, 3.05) is 25.5 Å². The predicted octanol–water partition coefficient (Wildman–Crippen LogP) is 5.12. The Hall–Kier alpha value is -3.72. The van der Waals surface area contributed by atoms with E-state index in [1.807, 2.05) is 30.3 Å². The second-order valence-corrected chi connectivity index (χ2v) is 7.33. The number of hydrogen-bond acceptors (Lipinski definition) is 5. The van der Waals surface area contributed by atoms with Crippen molar-refractivity contribution in [3.05, 3.63) is 83.4 Å². The van der Waals surface area contributed by atoms with Crippen LogP contribution in [0, 0.1) is 0 Å². The molecule has 0 aliphatic heterocycles. The van der Waals surface area contributed by atoms with Gasteiger partial charge in [-0.25, -0.2) is 0 Å². The van der Waals surface area contributed by atoms with Crippen LogP contribution < -0.4 is 20.1 Å². The lowest BCUT2D eigenvalue weighted by Crippen LogP contribution is -2.27. The molecule has 9 heteroatoms. The second-order valence-electron chi connectivity index (χ2n) is 7.33. The summed E-state index contributed by atoms with van der Waals surface area (Å²) in [4.78, 5) is 13.1. The quantitative estimate of drug-likeness (QED) is 0.356. The number of aliphatic hydroxyl groups is 1. The van der Waals surface area contributed by atoms with Crippen molar-refractivity contribution in [1.82, 2.24) is 5.32 Å². The van der Waals surface area contributed by atoms with Gasteiger partial charge in [-0.2, -0.15) is 0 Å². The van der Waals surface area contributed by atoms with Crippen LogP contribution in [0.2, 0.25) is 0 Å². The van der Waals surface area contributed by atoms with Crippen molar-refractivity contribution in [1.29, 1.82) is 0 Å². The smallest absolute Gasteiger partial charge is 0.457 e. The van der Waals surface area contributed by atoms with E-state index in [-0.39, 0.29) is 24.8 Å². The molecule has 34 heavy (non-hydrogen) atoms. The monoisotopic (exact) mass is 474 g/mol. The van der Waals surface area contributed by atoms with Crippen LogP contribution in [0.25, 0.3) is 0 Å². The summed E-state index contributed by atoms with van der Waals surface area (Å²) in [5.74, 6) is -0.328. The average molecular weight is 474 g/mol. The molecule has 0 radical (unpaired) electrons. The highest BCUT2D eigenvalue weighted by Gasteiger charge is 2.31. The van der Waals surface area contributed by atoms with Crippen molar-refractivity contribution in [3.63, 3.8) is 0 Å². The summed E-state index contributed by atoms with van der Waals surface area (Å²) < 4.78 is 47.8. The normalized spacial score (nSPS) is 11.1. The van der Waals surface area contributed by atoms with E-state index in [9.17, 15) is 18.0 Å². The molecule has 3 aromatic rings. The minimum Gasteiger partial charge on any atom is -0.457 e. The number of ether oxygens (including phenoxy) is 2. The van der Waals surface area contributed by atoms with Crippen LogP contribution >= 0.6 is 0 Å². The lowest BCUT2D eigenvalue weighted by atomic mass is 9.96. The third-order valence-corrected chi connectivity index (χ3v) is 4.88. The molecule has 6 nitrogen and oxygen atoms in total. The Bertz CT molecular complexity index is 1110. The number of benzene rings is 3. The number of hydrogen-bond donors (Lipinski definition) is 3. The van der Waals surface area contributed by atoms with E-state index in [0.717, 1.165) is 11.6 Å². The number of carbonyl (C=O) groups excluding carboxylic acids is 1. The third-order valence-electron chi connectivity index (χ3n) is 4.88. The number of nitrogens with one attached hydrogen (secondary N) is 2. The average Bonchev–Trinajstić information content (AvgIpc) is 2.80. The van der Waals surface area contributed by atoms with Crippen LogP contribution in [0.5, 0.6) is 17.2 Å². The van der Waals surface area contributed by atoms with Gasteiger partial charge in [-0.05, 0) is 36.2 Å². The highest BCUT2D eigenvalue weighted by atomic mass is 19.4. The van der Waals surface area contributed by atoms with Crippen molar-refractivity contribution in [2.24, 2.45) is 0 Å². The fourth-order valence-corrected chi connectivity index (χ4v) is 3.40. The molecule has 0 bridgehead atoms. The lowest BCUT2D eigenvalue weighted by molar-refractivity contribution is -0.274. The van der Waals surface area contributed by atoms with Crippen molar-refractivity contribution >= 4 is 11.6 Å². The minimum atomic E-state index is -4.83. The molecule has 0 saturated heterocycles. The largest absolute Gasteiger partial charge is 0.573 e. The molecular formula is C25H25F3N2O4. The zero-order valence-corrected chi connectivity index (χ0v) is 18.5. The molecule has 0 aliphatic rings. The van der Waals surface area contributed by atoms with Gasteiger partial charge in [0.2, 0.25) is 0 Å². The van der Waals surface area contributed by atoms with Gasteiger partial charge in [-0.3, -0.25) is 4.79 Å². The van der Waals surface area contributed by atoms with Crippen LogP contribution in [0.1, 0.15) is 27.9 Å². The standard InChI is InChI=1S/C25H25F3N2O4/c1-29-21-11-12-22(33-18-9-5-10-19(16-18)34-25(26,27)28)20(15-17-7-3-2-4-8-17)23(21)24(32)30-13-6-14-31/h2-5,7-12,16,29,31H,6,13-15H2,1H3,(H,30,32). The molecule has 0 fully saturated rings. The van der Waals surface area contributed by atoms with E-state index in [1.54, 1.807) is 19.2 Å². The van der Waals surface area contributed by atoms with Gasteiger partial charge < -0.3 is 25.2 Å². The summed E-state index contributed by atoms with van der Waals surface area (Å²) >= 11 is 0. The Balaban J connectivity index is 2.03. The number of amides is 1. The molecule has 0 saturated carbocycles. The zero-order chi connectivity index (χ0) is 24.6. The fourth-order valence-electron chi connectivity index (χ4n) is 3.40. The van der Waals surface area contributed by atoms with E-state index in [4.69, 9.17) is 9.84 Å². The molecule has 0 aromatic heterocycles. The maximum Gasteiger partial charge on any atom is 0.573 e. The summed E-state index contributed by atoms with van der Waals surface area (Å²) in [6.07, 6.45) is -4.09. The molecule has 0 spiro atoms. The fraction of sp³-hybridized carbons (Fsp3) is 0.240. The van der Waals surface area contributed by atoms with Gasteiger partial charge in [0.05, 0.1) is 5.56 Å². The number of aliphatic hydroxyl groups excluding tert-OH is 1. The Labute approximate surface area is 195 Å². The molecule has 3 N–H and O–H groups in total. The van der Waals surface area contributed by atoms with Gasteiger partial charge in [0.1, 0.15) is 17.2 Å². The SMILES string of the molecule is CNc1ccc(Oc2cccc(OC(F)(F)F)c2)c(Cc2ccccc2)c1C(=O)NCCCO. The topological polar surface area (TPSA) is 79.8 Å². The summed E-state index contributed by atoms with van der Waals surface area (Å²) in [7, 11) is 1.69. The second kappa shape index (κ2) is 11.4. The highest BCUT2D eigenvalue weighted by molar-refractivity contribution is 6.02. The Morgan fingerprint density at radius 3 is 2.41 bits per heavy atom. The summed E-state index contributed by atoms with van der Waals surface area (Å²) in [5, 5.41) is 14.8. The molecule has 0 aliphatic carbocycles.